The molecular weight excluding hydrogens is 752 g/mol. The summed E-state index contributed by atoms with van der Waals surface area (Å²) in [4.78, 5) is 114. The number of rotatable bonds is 14. The molecule has 0 N–H and O–H groups in total. The van der Waals surface area contributed by atoms with Crippen molar-refractivity contribution in [2.24, 2.45) is 0 Å². The fourth-order valence-corrected chi connectivity index (χ4v) is 6.19. The quantitative estimate of drug-likeness (QED) is 0.135. The summed E-state index contributed by atoms with van der Waals surface area (Å²) in [6, 6.07) is -4.83. The zero-order valence-corrected chi connectivity index (χ0v) is 37.2. The molecule has 8 atom stereocenters. The summed E-state index contributed by atoms with van der Waals surface area (Å²) in [5.41, 5.74) is 0. The van der Waals surface area contributed by atoms with Crippen LogP contribution in [0.2, 0.25) is 0 Å². The molecule has 0 saturated carbocycles. The molecule has 58 heavy (non-hydrogen) atoms. The lowest BCUT2D eigenvalue weighted by molar-refractivity contribution is -0.176. The second-order valence-corrected chi connectivity index (χ2v) is 15.5. The van der Waals surface area contributed by atoms with Crippen molar-refractivity contribution in [3.8, 4) is 0 Å². The van der Waals surface area contributed by atoms with E-state index in [0.29, 0.717) is 25.7 Å². The number of hydrogen-bond donors (Lipinski definition) is 0. The van der Waals surface area contributed by atoms with Gasteiger partial charge < -0.3 is 38.5 Å². The molecule has 16 nitrogen and oxygen atoms in total. The standard InChI is InChI=1S/C42H72N4O12/c1-13-17-20-24-32-36(48)44(10)27(5)39(51)55-31(23-16-4)35(47)43(9)28(6)40(52)56-33(25-21-18-14-2)37(49)45(11)30(8)42(54)58-34(26-22-19-15-3)38(50)46(12)29(7)41(53)57-32/h27-34H,13-26H2,1-12H3. The maximum absolute atomic E-state index is 13.9. The number of cyclic esters (lactones) is 4. The monoisotopic (exact) mass is 825 g/mol. The molecule has 1 aliphatic heterocycles. The van der Waals surface area contributed by atoms with Crippen molar-refractivity contribution in [3.63, 3.8) is 0 Å². The van der Waals surface area contributed by atoms with E-state index >= 15 is 0 Å². The Morgan fingerprint density at radius 1 is 0.345 bits per heavy atom. The summed E-state index contributed by atoms with van der Waals surface area (Å²) in [7, 11) is 5.47. The van der Waals surface area contributed by atoms with Crippen molar-refractivity contribution in [1.82, 2.24) is 19.6 Å². The highest BCUT2D eigenvalue weighted by Crippen LogP contribution is 2.20. The smallest absolute Gasteiger partial charge is 0.329 e. The van der Waals surface area contributed by atoms with Gasteiger partial charge in [-0.15, -0.1) is 0 Å². The van der Waals surface area contributed by atoms with Gasteiger partial charge in [-0.25, -0.2) is 19.2 Å². The molecule has 8 unspecified atom stereocenters. The zero-order chi connectivity index (χ0) is 44.3. The molecule has 332 valence electrons. The molecule has 0 aromatic rings. The molecule has 1 aliphatic rings. The predicted molar refractivity (Wildman–Crippen MR) is 216 cm³/mol. The van der Waals surface area contributed by atoms with Gasteiger partial charge in [0.25, 0.3) is 23.6 Å². The van der Waals surface area contributed by atoms with Crippen molar-refractivity contribution in [2.45, 2.75) is 194 Å². The molecule has 0 aliphatic carbocycles. The van der Waals surface area contributed by atoms with E-state index in [2.05, 4.69) is 0 Å². The largest absolute Gasteiger partial charge is 0.451 e. The molecule has 1 fully saturated rings. The lowest BCUT2D eigenvalue weighted by Crippen LogP contribution is -2.53. The summed E-state index contributed by atoms with van der Waals surface area (Å²) in [6.07, 6.45) is 2.00. The van der Waals surface area contributed by atoms with E-state index in [1.807, 2.05) is 20.8 Å². The number of amides is 4. The van der Waals surface area contributed by atoms with Gasteiger partial charge in [-0.05, 0) is 72.6 Å². The van der Waals surface area contributed by atoms with Gasteiger partial charge in [0.2, 0.25) is 0 Å². The second-order valence-electron chi connectivity index (χ2n) is 15.5. The van der Waals surface area contributed by atoms with Crippen molar-refractivity contribution in [1.29, 1.82) is 0 Å². The zero-order valence-electron chi connectivity index (χ0n) is 37.2. The van der Waals surface area contributed by atoms with Gasteiger partial charge in [0.05, 0.1) is 0 Å². The minimum Gasteiger partial charge on any atom is -0.451 e. The Morgan fingerprint density at radius 3 is 0.741 bits per heavy atom. The van der Waals surface area contributed by atoms with Crippen LogP contribution < -0.4 is 0 Å². The Bertz CT molecular complexity index is 1380. The summed E-state index contributed by atoms with van der Waals surface area (Å²) < 4.78 is 22.9. The predicted octanol–water partition coefficient (Wildman–Crippen LogP) is 4.58. The SMILES string of the molecule is CCCCCC1OC(=O)C(C)N(C)C(=O)C(CCC)OC(=O)C(C)N(C)C(=O)C(CCCCC)OC(=O)C(C)N(C)C(=O)C(CCCCC)OC(=O)C(C)N(C)C1=O. The van der Waals surface area contributed by atoms with E-state index in [4.69, 9.17) is 18.9 Å². The topological polar surface area (TPSA) is 186 Å². The normalized spacial score (nSPS) is 27.2. The maximum Gasteiger partial charge on any atom is 0.329 e. The lowest BCUT2D eigenvalue weighted by atomic mass is 10.1. The van der Waals surface area contributed by atoms with Crippen molar-refractivity contribution in [3.05, 3.63) is 0 Å². The van der Waals surface area contributed by atoms with Crippen LogP contribution in [0, 0.1) is 0 Å². The summed E-state index contributed by atoms with van der Waals surface area (Å²) >= 11 is 0. The van der Waals surface area contributed by atoms with Crippen molar-refractivity contribution < 1.29 is 57.3 Å². The Labute approximate surface area is 345 Å². The Balaban J connectivity index is 3.78. The number of esters is 4. The molecule has 0 bridgehead atoms. The first kappa shape index (κ1) is 51.8. The molecule has 0 spiro atoms. The van der Waals surface area contributed by atoms with Gasteiger partial charge >= 0.3 is 23.9 Å². The third kappa shape index (κ3) is 15.2. The molecule has 0 aromatic heterocycles. The van der Waals surface area contributed by atoms with Crippen LogP contribution in [0.5, 0.6) is 0 Å². The van der Waals surface area contributed by atoms with Crippen LogP contribution in [-0.2, 0) is 57.3 Å². The third-order valence-corrected chi connectivity index (χ3v) is 11.0. The van der Waals surface area contributed by atoms with Crippen LogP contribution in [0.1, 0.15) is 145 Å². The van der Waals surface area contributed by atoms with Crippen LogP contribution in [0.3, 0.4) is 0 Å². The lowest BCUT2D eigenvalue weighted by Gasteiger charge is -2.33. The number of unbranched alkanes of at least 4 members (excludes halogenated alkanes) is 6. The first-order chi connectivity index (χ1) is 27.3. The minimum atomic E-state index is -1.31. The highest BCUT2D eigenvalue weighted by atomic mass is 16.6. The van der Waals surface area contributed by atoms with Crippen LogP contribution in [0.4, 0.5) is 0 Å². The van der Waals surface area contributed by atoms with Gasteiger partial charge in [-0.1, -0.05) is 72.6 Å². The van der Waals surface area contributed by atoms with Gasteiger partial charge in [-0.3, -0.25) is 19.2 Å². The number of likely N-dealkylation sites (N-methyl/N-ethyl adjacent to an activating group) is 4. The fourth-order valence-electron chi connectivity index (χ4n) is 6.19. The molecule has 16 heteroatoms. The fraction of sp³-hybridized carbons (Fsp3) is 0.810. The number of carbonyl (C=O) groups is 8. The van der Waals surface area contributed by atoms with Crippen LogP contribution >= 0.6 is 0 Å². The average molecular weight is 825 g/mol. The molecule has 1 saturated heterocycles. The highest BCUT2D eigenvalue weighted by Gasteiger charge is 2.40. The van der Waals surface area contributed by atoms with E-state index in [9.17, 15) is 38.4 Å². The average Bonchev–Trinajstić information content (AvgIpc) is 3.21. The minimum absolute atomic E-state index is 0.110. The van der Waals surface area contributed by atoms with E-state index < -0.39 is 96.1 Å². The maximum atomic E-state index is 13.9. The van der Waals surface area contributed by atoms with E-state index in [-0.39, 0.29) is 25.7 Å². The first-order valence-corrected chi connectivity index (χ1v) is 21.2. The van der Waals surface area contributed by atoms with Gasteiger partial charge in [0.15, 0.2) is 24.4 Å². The molecular formula is C42H72N4O12. The molecule has 1 heterocycles. The van der Waals surface area contributed by atoms with E-state index in [0.717, 1.165) is 58.1 Å². The van der Waals surface area contributed by atoms with Crippen LogP contribution in [0.15, 0.2) is 0 Å². The highest BCUT2D eigenvalue weighted by molar-refractivity contribution is 5.94. The molecule has 4 amide bonds. The summed E-state index contributed by atoms with van der Waals surface area (Å²) in [6.45, 7) is 13.4. The van der Waals surface area contributed by atoms with Gasteiger partial charge in [-0.2, -0.15) is 0 Å². The molecule has 1 rings (SSSR count). The van der Waals surface area contributed by atoms with Crippen molar-refractivity contribution >= 4 is 47.5 Å². The van der Waals surface area contributed by atoms with E-state index in [1.54, 1.807) is 6.92 Å². The summed E-state index contributed by atoms with van der Waals surface area (Å²) in [5, 5.41) is 0. The Hall–Kier alpha value is -4.24. The number of hydrogen-bond acceptors (Lipinski definition) is 12. The van der Waals surface area contributed by atoms with Gasteiger partial charge in [0.1, 0.15) is 24.2 Å². The van der Waals surface area contributed by atoms with Crippen LogP contribution in [-0.4, -0.2) is 144 Å². The van der Waals surface area contributed by atoms with Gasteiger partial charge in [0, 0.05) is 28.2 Å². The number of nitrogens with zero attached hydrogens (tertiary/aromatic N) is 4. The number of carbonyl (C=O) groups excluding carboxylic acids is 8. The van der Waals surface area contributed by atoms with Crippen molar-refractivity contribution in [2.75, 3.05) is 28.2 Å². The molecule has 0 radical (unpaired) electrons. The Kier molecular flexibility index (Phi) is 23.2. The third-order valence-electron chi connectivity index (χ3n) is 11.0. The second kappa shape index (κ2) is 26.0. The summed E-state index contributed by atoms with van der Waals surface area (Å²) in [5.74, 6) is -6.24. The van der Waals surface area contributed by atoms with Crippen LogP contribution in [0.25, 0.3) is 0 Å². The first-order valence-electron chi connectivity index (χ1n) is 21.2. The number of ether oxygens (including phenoxy) is 4. The van der Waals surface area contributed by atoms with E-state index in [1.165, 1.54) is 55.9 Å². The Morgan fingerprint density at radius 2 is 0.552 bits per heavy atom. The molecule has 0 aromatic carbocycles.